The van der Waals surface area contributed by atoms with Crippen molar-refractivity contribution in [3.8, 4) is 11.5 Å². The van der Waals surface area contributed by atoms with Gasteiger partial charge in [-0.2, -0.15) is 0 Å². The number of hydrogen-bond acceptors (Lipinski definition) is 7. The van der Waals surface area contributed by atoms with Gasteiger partial charge in [-0.3, -0.25) is 4.79 Å². The van der Waals surface area contributed by atoms with E-state index in [1.54, 1.807) is 18.2 Å². The zero-order valence-electron chi connectivity index (χ0n) is 12.3. The Balaban J connectivity index is 1.32. The van der Waals surface area contributed by atoms with E-state index in [1.165, 1.54) is 11.8 Å². The van der Waals surface area contributed by atoms with Crippen LogP contribution in [0.2, 0.25) is 0 Å². The number of anilines is 1. The maximum Gasteiger partial charge on any atom is 0.277 e. The highest BCUT2D eigenvalue weighted by Crippen LogP contribution is 2.39. The Labute approximate surface area is 136 Å². The number of rotatable bonds is 5. The number of ether oxygens (including phenoxy) is 2. The fraction of sp³-hybridized carbons (Fsp3) is 0.400. The normalized spacial score (nSPS) is 16.2. The van der Waals surface area contributed by atoms with Gasteiger partial charge in [-0.05, 0) is 25.0 Å². The van der Waals surface area contributed by atoms with Crippen molar-refractivity contribution in [3.05, 3.63) is 24.1 Å². The van der Waals surface area contributed by atoms with E-state index in [0.29, 0.717) is 47.4 Å². The SMILES string of the molecule is O=C(CSc1nnc(C2CC2)o1)Nc1ccc2c(c1)OCCO2. The van der Waals surface area contributed by atoms with Gasteiger partial charge in [0.05, 0.1) is 5.75 Å². The lowest BCUT2D eigenvalue weighted by Gasteiger charge is -2.18. The molecule has 1 aliphatic heterocycles. The minimum Gasteiger partial charge on any atom is -0.486 e. The molecule has 0 bridgehead atoms. The lowest BCUT2D eigenvalue weighted by Crippen LogP contribution is -2.17. The van der Waals surface area contributed by atoms with E-state index < -0.39 is 0 Å². The molecule has 0 radical (unpaired) electrons. The molecule has 23 heavy (non-hydrogen) atoms. The summed E-state index contributed by atoms with van der Waals surface area (Å²) in [5, 5.41) is 11.2. The highest BCUT2D eigenvalue weighted by Gasteiger charge is 2.29. The number of carbonyl (C=O) groups is 1. The molecule has 2 heterocycles. The average Bonchev–Trinajstić information content (AvgIpc) is 3.31. The minimum absolute atomic E-state index is 0.141. The predicted octanol–water partition coefficient (Wildman–Crippen LogP) is 2.45. The summed E-state index contributed by atoms with van der Waals surface area (Å²) in [6.45, 7) is 1.06. The molecule has 120 valence electrons. The Morgan fingerprint density at radius 2 is 2.04 bits per heavy atom. The van der Waals surface area contributed by atoms with Gasteiger partial charge in [0.2, 0.25) is 11.8 Å². The number of hydrogen-bond donors (Lipinski definition) is 1. The fourth-order valence-electron chi connectivity index (χ4n) is 2.22. The molecule has 0 saturated heterocycles. The summed E-state index contributed by atoms with van der Waals surface area (Å²) in [5.74, 6) is 2.51. The fourth-order valence-corrected chi connectivity index (χ4v) is 2.79. The van der Waals surface area contributed by atoms with Crippen LogP contribution < -0.4 is 14.8 Å². The van der Waals surface area contributed by atoms with E-state index in [9.17, 15) is 4.79 Å². The predicted molar refractivity (Wildman–Crippen MR) is 83.1 cm³/mol. The zero-order valence-corrected chi connectivity index (χ0v) is 13.1. The van der Waals surface area contributed by atoms with Gasteiger partial charge in [-0.15, -0.1) is 10.2 Å². The van der Waals surface area contributed by atoms with Crippen LogP contribution in [-0.4, -0.2) is 35.1 Å². The summed E-state index contributed by atoms with van der Waals surface area (Å²) in [4.78, 5) is 12.0. The lowest BCUT2D eigenvalue weighted by atomic mass is 10.2. The second kappa shape index (κ2) is 6.11. The zero-order chi connectivity index (χ0) is 15.6. The van der Waals surface area contributed by atoms with Gasteiger partial charge >= 0.3 is 0 Å². The lowest BCUT2D eigenvalue weighted by molar-refractivity contribution is -0.113. The van der Waals surface area contributed by atoms with Crippen molar-refractivity contribution in [3.63, 3.8) is 0 Å². The molecule has 1 aliphatic carbocycles. The molecule has 7 nitrogen and oxygen atoms in total. The first-order valence-corrected chi connectivity index (χ1v) is 8.42. The highest BCUT2D eigenvalue weighted by atomic mass is 32.2. The number of benzene rings is 1. The van der Waals surface area contributed by atoms with Crippen LogP contribution in [0.15, 0.2) is 27.8 Å². The first-order chi connectivity index (χ1) is 11.3. The maximum atomic E-state index is 12.0. The van der Waals surface area contributed by atoms with Crippen LogP contribution in [-0.2, 0) is 4.79 Å². The van der Waals surface area contributed by atoms with Crippen LogP contribution in [0.5, 0.6) is 11.5 Å². The molecule has 0 unspecified atom stereocenters. The summed E-state index contributed by atoms with van der Waals surface area (Å²) in [5.41, 5.74) is 0.670. The number of amides is 1. The van der Waals surface area contributed by atoms with Crippen molar-refractivity contribution in [2.45, 2.75) is 24.0 Å². The van der Waals surface area contributed by atoms with Crippen molar-refractivity contribution in [2.75, 3.05) is 24.3 Å². The molecule has 1 amide bonds. The van der Waals surface area contributed by atoms with E-state index in [-0.39, 0.29) is 11.7 Å². The molecular formula is C15H15N3O4S. The monoisotopic (exact) mass is 333 g/mol. The molecule has 0 atom stereocenters. The van der Waals surface area contributed by atoms with Gasteiger partial charge in [0, 0.05) is 17.7 Å². The summed E-state index contributed by atoms with van der Waals surface area (Å²) in [7, 11) is 0. The Morgan fingerprint density at radius 3 is 2.87 bits per heavy atom. The summed E-state index contributed by atoms with van der Waals surface area (Å²) < 4.78 is 16.4. The first-order valence-electron chi connectivity index (χ1n) is 7.43. The first kappa shape index (κ1) is 14.4. The number of nitrogens with zero attached hydrogens (tertiary/aromatic N) is 2. The number of thioether (sulfide) groups is 1. The van der Waals surface area contributed by atoms with Crippen LogP contribution >= 0.6 is 11.8 Å². The van der Waals surface area contributed by atoms with Crippen molar-refractivity contribution in [1.29, 1.82) is 0 Å². The number of nitrogens with one attached hydrogen (secondary N) is 1. The Hall–Kier alpha value is -2.22. The number of fused-ring (bicyclic) bond motifs is 1. The second-order valence-corrected chi connectivity index (χ2v) is 6.30. The Kier molecular flexibility index (Phi) is 3.82. The van der Waals surface area contributed by atoms with Gasteiger partial charge in [-0.1, -0.05) is 11.8 Å². The average molecular weight is 333 g/mol. The molecule has 1 saturated carbocycles. The van der Waals surface area contributed by atoms with Crippen LogP contribution in [0, 0.1) is 0 Å². The molecule has 4 rings (SSSR count). The second-order valence-electron chi connectivity index (χ2n) is 5.38. The van der Waals surface area contributed by atoms with Crippen molar-refractivity contribution in [2.24, 2.45) is 0 Å². The third kappa shape index (κ3) is 3.42. The maximum absolute atomic E-state index is 12.0. The van der Waals surface area contributed by atoms with Crippen LogP contribution in [0.4, 0.5) is 5.69 Å². The summed E-state index contributed by atoms with van der Waals surface area (Å²) >= 11 is 1.23. The molecule has 1 N–H and O–H groups in total. The van der Waals surface area contributed by atoms with E-state index >= 15 is 0 Å². The molecule has 1 aromatic carbocycles. The Morgan fingerprint density at radius 1 is 1.22 bits per heavy atom. The van der Waals surface area contributed by atoms with Gasteiger partial charge in [0.15, 0.2) is 11.5 Å². The largest absolute Gasteiger partial charge is 0.486 e. The smallest absolute Gasteiger partial charge is 0.277 e. The number of aromatic nitrogens is 2. The van der Waals surface area contributed by atoms with E-state index in [0.717, 1.165) is 12.8 Å². The van der Waals surface area contributed by atoms with Crippen LogP contribution in [0.1, 0.15) is 24.7 Å². The standard InChI is InChI=1S/C15H15N3O4S/c19-13(8-23-15-18-17-14(22-15)9-1-2-9)16-10-3-4-11-12(7-10)21-6-5-20-11/h3-4,7,9H,1-2,5-6,8H2,(H,16,19). The van der Waals surface area contributed by atoms with Crippen LogP contribution in [0.3, 0.4) is 0 Å². The summed E-state index contributed by atoms with van der Waals surface area (Å²) in [6.07, 6.45) is 2.22. The topological polar surface area (TPSA) is 86.5 Å². The van der Waals surface area contributed by atoms with Crippen molar-refractivity contribution < 1.29 is 18.7 Å². The van der Waals surface area contributed by atoms with Crippen molar-refractivity contribution >= 4 is 23.4 Å². The van der Waals surface area contributed by atoms with Gasteiger partial charge in [-0.25, -0.2) is 0 Å². The summed E-state index contributed by atoms with van der Waals surface area (Å²) in [6, 6.07) is 5.33. The van der Waals surface area contributed by atoms with Crippen LogP contribution in [0.25, 0.3) is 0 Å². The molecule has 2 aliphatic rings. The Bertz CT molecular complexity index is 729. The molecular weight excluding hydrogens is 318 g/mol. The van der Waals surface area contributed by atoms with Gasteiger partial charge in [0.1, 0.15) is 13.2 Å². The van der Waals surface area contributed by atoms with E-state index in [2.05, 4.69) is 15.5 Å². The molecule has 1 fully saturated rings. The van der Waals surface area contributed by atoms with E-state index in [1.807, 2.05) is 0 Å². The number of carbonyl (C=O) groups excluding carboxylic acids is 1. The highest BCUT2D eigenvalue weighted by molar-refractivity contribution is 7.99. The minimum atomic E-state index is -0.141. The molecule has 2 aromatic rings. The molecule has 8 heteroatoms. The van der Waals surface area contributed by atoms with E-state index in [4.69, 9.17) is 13.9 Å². The third-order valence-electron chi connectivity index (χ3n) is 3.50. The third-order valence-corrected chi connectivity index (χ3v) is 4.32. The van der Waals surface area contributed by atoms with Gasteiger partial charge < -0.3 is 19.2 Å². The quantitative estimate of drug-likeness (QED) is 0.841. The van der Waals surface area contributed by atoms with Crippen molar-refractivity contribution in [1.82, 2.24) is 10.2 Å². The molecule has 1 aromatic heterocycles. The molecule has 0 spiro atoms. The van der Waals surface area contributed by atoms with Gasteiger partial charge in [0.25, 0.3) is 5.22 Å².